The first-order chi connectivity index (χ1) is 7.99. The number of hydrogen-bond acceptors (Lipinski definition) is 2. The molecule has 0 bridgehead atoms. The van der Waals surface area contributed by atoms with Gasteiger partial charge in [0.15, 0.2) is 0 Å². The summed E-state index contributed by atoms with van der Waals surface area (Å²) < 4.78 is 27.2. The van der Waals surface area contributed by atoms with E-state index in [2.05, 4.69) is 15.9 Å². The van der Waals surface area contributed by atoms with Crippen LogP contribution < -0.4 is 4.90 Å². The second-order valence-corrected chi connectivity index (χ2v) is 5.14. The zero-order chi connectivity index (χ0) is 12.6. The number of rotatable bonds is 1. The molecule has 1 aliphatic rings. The first-order valence-electron chi connectivity index (χ1n) is 5.41. The molecule has 92 valence electrons. The molecular weight excluding hydrogens is 292 g/mol. The van der Waals surface area contributed by atoms with Crippen LogP contribution in [0.15, 0.2) is 16.6 Å². The van der Waals surface area contributed by atoms with Gasteiger partial charge < -0.3 is 4.90 Å². The van der Waals surface area contributed by atoms with Gasteiger partial charge in [0.25, 0.3) is 0 Å². The predicted octanol–water partition coefficient (Wildman–Crippen LogP) is 3.14. The van der Waals surface area contributed by atoms with Gasteiger partial charge >= 0.3 is 0 Å². The third kappa shape index (κ3) is 2.49. The van der Waals surface area contributed by atoms with Gasteiger partial charge in [-0.2, -0.15) is 0 Å². The standard InChI is InChI=1S/C12H12BrF2NO/c1-7-6-16(3-2-12(7)17)11-5-9(14)8(13)4-10(11)15/h4-5,7H,2-3,6H2,1H3. The summed E-state index contributed by atoms with van der Waals surface area (Å²) in [6.07, 6.45) is 0.387. The molecule has 0 aliphatic carbocycles. The lowest BCUT2D eigenvalue weighted by molar-refractivity contribution is -0.122. The van der Waals surface area contributed by atoms with Gasteiger partial charge in [0, 0.05) is 31.5 Å². The van der Waals surface area contributed by atoms with Crippen LogP contribution in [0.1, 0.15) is 13.3 Å². The van der Waals surface area contributed by atoms with Crippen molar-refractivity contribution in [3.8, 4) is 0 Å². The number of anilines is 1. The number of hydrogen-bond donors (Lipinski definition) is 0. The Labute approximate surface area is 107 Å². The van der Waals surface area contributed by atoms with Crippen molar-refractivity contribution in [2.45, 2.75) is 13.3 Å². The highest BCUT2D eigenvalue weighted by Gasteiger charge is 2.25. The van der Waals surface area contributed by atoms with Gasteiger partial charge in [-0.1, -0.05) is 6.92 Å². The highest BCUT2D eigenvalue weighted by atomic mass is 79.9. The molecule has 0 N–H and O–H groups in total. The van der Waals surface area contributed by atoms with Crippen molar-refractivity contribution in [1.82, 2.24) is 0 Å². The van der Waals surface area contributed by atoms with Gasteiger partial charge in [0.2, 0.25) is 0 Å². The summed E-state index contributed by atoms with van der Waals surface area (Å²) in [5.74, 6) is -0.917. The first kappa shape index (κ1) is 12.5. The summed E-state index contributed by atoms with van der Waals surface area (Å²) in [5, 5.41) is 0. The molecule has 1 aromatic rings. The molecule has 1 saturated heterocycles. The molecule has 0 radical (unpaired) electrons. The number of ketones is 1. The number of benzene rings is 1. The molecule has 17 heavy (non-hydrogen) atoms. The van der Waals surface area contributed by atoms with Crippen LogP contribution in [0.25, 0.3) is 0 Å². The van der Waals surface area contributed by atoms with Crippen molar-refractivity contribution >= 4 is 27.4 Å². The highest BCUT2D eigenvalue weighted by molar-refractivity contribution is 9.10. The smallest absolute Gasteiger partial charge is 0.147 e. The van der Waals surface area contributed by atoms with Crippen LogP contribution >= 0.6 is 15.9 Å². The largest absolute Gasteiger partial charge is 0.368 e. The molecule has 1 heterocycles. The molecule has 0 amide bonds. The average Bonchev–Trinajstić information content (AvgIpc) is 2.27. The lowest BCUT2D eigenvalue weighted by atomic mass is 9.98. The topological polar surface area (TPSA) is 20.3 Å². The molecule has 1 fully saturated rings. The SMILES string of the molecule is CC1CN(c2cc(F)c(Br)cc2F)CCC1=O. The van der Waals surface area contributed by atoms with Crippen molar-refractivity contribution < 1.29 is 13.6 Å². The van der Waals surface area contributed by atoms with E-state index in [1.165, 1.54) is 6.07 Å². The van der Waals surface area contributed by atoms with E-state index in [4.69, 9.17) is 0 Å². The third-order valence-corrected chi connectivity index (χ3v) is 3.61. The first-order valence-corrected chi connectivity index (χ1v) is 6.20. The van der Waals surface area contributed by atoms with E-state index in [0.717, 1.165) is 6.07 Å². The van der Waals surface area contributed by atoms with Crippen LogP contribution in [-0.4, -0.2) is 18.9 Å². The van der Waals surface area contributed by atoms with E-state index in [1.54, 1.807) is 4.90 Å². The normalized spacial score (nSPS) is 20.8. The second-order valence-electron chi connectivity index (χ2n) is 4.28. The number of carbonyl (C=O) groups excluding carboxylic acids is 1. The maximum Gasteiger partial charge on any atom is 0.147 e. The monoisotopic (exact) mass is 303 g/mol. The maximum atomic E-state index is 13.7. The lowest BCUT2D eigenvalue weighted by Gasteiger charge is -2.32. The third-order valence-electron chi connectivity index (χ3n) is 3.00. The predicted molar refractivity (Wildman–Crippen MR) is 65.1 cm³/mol. The van der Waals surface area contributed by atoms with Gasteiger partial charge in [-0.3, -0.25) is 4.79 Å². The van der Waals surface area contributed by atoms with Crippen molar-refractivity contribution in [3.63, 3.8) is 0 Å². The molecule has 1 atom stereocenters. The Kier molecular flexibility index (Phi) is 3.47. The Bertz CT molecular complexity index is 464. The van der Waals surface area contributed by atoms with Crippen molar-refractivity contribution in [3.05, 3.63) is 28.2 Å². The van der Waals surface area contributed by atoms with E-state index in [9.17, 15) is 13.6 Å². The summed E-state index contributed by atoms with van der Waals surface area (Å²) in [7, 11) is 0. The fourth-order valence-electron chi connectivity index (χ4n) is 1.99. The zero-order valence-corrected chi connectivity index (χ0v) is 10.9. The fraction of sp³-hybridized carbons (Fsp3) is 0.417. The molecule has 0 aromatic heterocycles. The van der Waals surface area contributed by atoms with E-state index >= 15 is 0 Å². The Morgan fingerprint density at radius 3 is 2.71 bits per heavy atom. The van der Waals surface area contributed by atoms with Gasteiger partial charge in [0.05, 0.1) is 10.2 Å². The molecule has 2 nitrogen and oxygen atoms in total. The number of nitrogens with zero attached hydrogens (tertiary/aromatic N) is 1. The number of halogens is 3. The van der Waals surface area contributed by atoms with Gasteiger partial charge in [-0.05, 0) is 22.0 Å². The van der Waals surface area contributed by atoms with Crippen molar-refractivity contribution in [1.29, 1.82) is 0 Å². The van der Waals surface area contributed by atoms with Crippen LogP contribution in [0.3, 0.4) is 0 Å². The van der Waals surface area contributed by atoms with Crippen molar-refractivity contribution in [2.24, 2.45) is 5.92 Å². The summed E-state index contributed by atoms with van der Waals surface area (Å²) in [4.78, 5) is 13.1. The molecule has 1 aliphatic heterocycles. The minimum absolute atomic E-state index is 0.111. The molecule has 1 aromatic carbocycles. The van der Waals surface area contributed by atoms with Gasteiger partial charge in [-0.25, -0.2) is 8.78 Å². The molecule has 1 unspecified atom stereocenters. The number of carbonyl (C=O) groups is 1. The minimum Gasteiger partial charge on any atom is -0.368 e. The van der Waals surface area contributed by atoms with Gasteiger partial charge in [0.1, 0.15) is 17.4 Å². The molecular formula is C12H12BrF2NO. The highest BCUT2D eigenvalue weighted by Crippen LogP contribution is 2.28. The van der Waals surface area contributed by atoms with E-state index < -0.39 is 11.6 Å². The molecule has 0 saturated carbocycles. The van der Waals surface area contributed by atoms with Crippen molar-refractivity contribution in [2.75, 3.05) is 18.0 Å². The van der Waals surface area contributed by atoms with Crippen LogP contribution in [0.4, 0.5) is 14.5 Å². The Balaban J connectivity index is 2.29. The quantitative estimate of drug-likeness (QED) is 0.743. The van der Waals surface area contributed by atoms with Crippen LogP contribution in [0.5, 0.6) is 0 Å². The van der Waals surface area contributed by atoms with Gasteiger partial charge in [-0.15, -0.1) is 0 Å². The van der Waals surface area contributed by atoms with E-state index in [-0.39, 0.29) is 21.9 Å². The summed E-state index contributed by atoms with van der Waals surface area (Å²) in [6.45, 7) is 2.69. The summed E-state index contributed by atoms with van der Waals surface area (Å²) in [6, 6.07) is 2.29. The molecule has 0 spiro atoms. The molecule has 2 rings (SSSR count). The lowest BCUT2D eigenvalue weighted by Crippen LogP contribution is -2.40. The summed E-state index contributed by atoms with van der Waals surface area (Å²) in [5.41, 5.74) is 0.227. The Hall–Kier alpha value is -0.970. The van der Waals surface area contributed by atoms with E-state index in [1.807, 2.05) is 6.92 Å². The Morgan fingerprint density at radius 1 is 1.35 bits per heavy atom. The van der Waals surface area contributed by atoms with Crippen LogP contribution in [-0.2, 0) is 4.79 Å². The number of piperidine rings is 1. The fourth-order valence-corrected chi connectivity index (χ4v) is 2.30. The molecule has 5 heteroatoms. The summed E-state index contributed by atoms with van der Waals surface area (Å²) >= 11 is 2.94. The average molecular weight is 304 g/mol. The van der Waals surface area contributed by atoms with Crippen LogP contribution in [0, 0.1) is 17.6 Å². The maximum absolute atomic E-state index is 13.7. The van der Waals surface area contributed by atoms with E-state index in [0.29, 0.717) is 19.5 Å². The number of Topliss-reactive ketones (excluding diaryl/α,β-unsaturated/α-hetero) is 1. The van der Waals surface area contributed by atoms with Crippen LogP contribution in [0.2, 0.25) is 0 Å². The second kappa shape index (κ2) is 4.72. The Morgan fingerprint density at radius 2 is 2.06 bits per heavy atom. The minimum atomic E-state index is -0.494. The zero-order valence-electron chi connectivity index (χ0n) is 9.34.